The summed E-state index contributed by atoms with van der Waals surface area (Å²) < 4.78 is 5.55. The van der Waals surface area contributed by atoms with Gasteiger partial charge in [0.15, 0.2) is 0 Å². The molecule has 0 unspecified atom stereocenters. The zero-order valence-electron chi connectivity index (χ0n) is 13.4. The summed E-state index contributed by atoms with van der Waals surface area (Å²) in [5.41, 5.74) is -0.377. The molecule has 20 heavy (non-hydrogen) atoms. The van der Waals surface area contributed by atoms with Crippen molar-refractivity contribution in [3.63, 3.8) is 0 Å². The van der Waals surface area contributed by atoms with E-state index in [-0.39, 0.29) is 17.6 Å². The summed E-state index contributed by atoms with van der Waals surface area (Å²) in [7, 11) is 0. The van der Waals surface area contributed by atoms with Crippen molar-refractivity contribution in [3.8, 4) is 0 Å². The Bertz CT molecular complexity index is 319. The maximum absolute atomic E-state index is 12.2. The van der Waals surface area contributed by atoms with Crippen LogP contribution in [0.25, 0.3) is 0 Å². The molecule has 2 aliphatic rings. The van der Waals surface area contributed by atoms with Crippen molar-refractivity contribution in [3.05, 3.63) is 0 Å². The molecule has 0 spiro atoms. The molecule has 2 heterocycles. The number of hydrogen-bond acceptors (Lipinski definition) is 4. The normalized spacial score (nSPS) is 25.9. The molecule has 2 fully saturated rings. The van der Waals surface area contributed by atoms with Crippen LogP contribution in [0.4, 0.5) is 0 Å². The summed E-state index contributed by atoms with van der Waals surface area (Å²) >= 11 is 0. The van der Waals surface area contributed by atoms with E-state index < -0.39 is 0 Å². The molecule has 0 aromatic heterocycles. The molecular weight excluding hydrogens is 252 g/mol. The Labute approximate surface area is 123 Å². The summed E-state index contributed by atoms with van der Waals surface area (Å²) in [6, 6.07) is -0.0148. The van der Waals surface area contributed by atoms with E-state index in [0.717, 1.165) is 32.5 Å². The van der Waals surface area contributed by atoms with Gasteiger partial charge in [-0.1, -0.05) is 6.42 Å². The molecule has 0 saturated carbocycles. The second-order valence-corrected chi connectivity index (χ2v) is 7.13. The molecule has 4 nitrogen and oxygen atoms in total. The smallest absolute Gasteiger partial charge is 0.323 e. The van der Waals surface area contributed by atoms with Crippen molar-refractivity contribution in [1.82, 2.24) is 9.80 Å². The fourth-order valence-corrected chi connectivity index (χ4v) is 3.18. The van der Waals surface area contributed by atoms with E-state index in [0.29, 0.717) is 0 Å². The zero-order valence-corrected chi connectivity index (χ0v) is 13.4. The number of esters is 1. The van der Waals surface area contributed by atoms with Gasteiger partial charge in [0.1, 0.15) is 11.6 Å². The number of carbonyl (C=O) groups is 1. The molecule has 0 aromatic rings. The fourth-order valence-electron chi connectivity index (χ4n) is 3.18. The molecule has 0 radical (unpaired) electrons. The lowest BCUT2D eigenvalue weighted by molar-refractivity contribution is -0.160. The Morgan fingerprint density at radius 2 is 1.75 bits per heavy atom. The largest absolute Gasteiger partial charge is 0.459 e. The predicted octanol–water partition coefficient (Wildman–Crippen LogP) is 2.28. The first-order valence-electron chi connectivity index (χ1n) is 8.15. The Hall–Kier alpha value is -0.610. The summed E-state index contributed by atoms with van der Waals surface area (Å²) in [5, 5.41) is 0. The molecule has 1 atom stereocenters. The average molecular weight is 282 g/mol. The van der Waals surface area contributed by atoms with E-state index in [1.165, 1.54) is 32.4 Å². The molecule has 0 aliphatic carbocycles. The van der Waals surface area contributed by atoms with Gasteiger partial charge in [0, 0.05) is 13.1 Å². The van der Waals surface area contributed by atoms with Crippen LogP contribution >= 0.6 is 0 Å². The fraction of sp³-hybridized carbons (Fsp3) is 0.938. The quantitative estimate of drug-likeness (QED) is 0.741. The summed E-state index contributed by atoms with van der Waals surface area (Å²) in [5.74, 6) is -0.0337. The van der Waals surface area contributed by atoms with Crippen LogP contribution in [-0.4, -0.2) is 60.1 Å². The van der Waals surface area contributed by atoms with Gasteiger partial charge in [0.2, 0.25) is 0 Å². The van der Waals surface area contributed by atoms with Gasteiger partial charge in [-0.25, -0.2) is 0 Å². The average Bonchev–Trinajstić information content (AvgIpc) is 2.84. The van der Waals surface area contributed by atoms with Gasteiger partial charge in [-0.15, -0.1) is 0 Å². The van der Waals surface area contributed by atoms with Gasteiger partial charge < -0.3 is 9.64 Å². The number of hydrogen-bond donors (Lipinski definition) is 0. The molecule has 2 rings (SSSR count). The Morgan fingerprint density at radius 3 is 2.40 bits per heavy atom. The van der Waals surface area contributed by atoms with Gasteiger partial charge in [-0.2, -0.15) is 0 Å². The molecule has 0 aromatic carbocycles. The number of piperidine rings is 1. The lowest BCUT2D eigenvalue weighted by Gasteiger charge is -2.31. The van der Waals surface area contributed by atoms with Crippen LogP contribution in [0.1, 0.15) is 52.9 Å². The summed E-state index contributed by atoms with van der Waals surface area (Å²) in [6.07, 6.45) is 6.10. The van der Waals surface area contributed by atoms with Gasteiger partial charge in [0.25, 0.3) is 0 Å². The minimum atomic E-state index is -0.377. The van der Waals surface area contributed by atoms with Gasteiger partial charge in [-0.3, -0.25) is 9.69 Å². The third-order valence-corrected chi connectivity index (χ3v) is 4.19. The molecular formula is C16H30N2O2. The first kappa shape index (κ1) is 15.8. The lowest BCUT2D eigenvalue weighted by atomic mass is 10.1. The van der Waals surface area contributed by atoms with Crippen molar-refractivity contribution >= 4 is 5.97 Å². The summed E-state index contributed by atoms with van der Waals surface area (Å²) in [4.78, 5) is 17.1. The first-order valence-corrected chi connectivity index (χ1v) is 8.15. The highest BCUT2D eigenvalue weighted by atomic mass is 16.6. The van der Waals surface area contributed by atoms with E-state index in [1.54, 1.807) is 0 Å². The van der Waals surface area contributed by atoms with E-state index in [9.17, 15) is 4.79 Å². The highest BCUT2D eigenvalue weighted by Crippen LogP contribution is 2.21. The molecule has 4 heteroatoms. The van der Waals surface area contributed by atoms with Gasteiger partial charge >= 0.3 is 5.97 Å². The minimum Gasteiger partial charge on any atom is -0.459 e. The van der Waals surface area contributed by atoms with E-state index in [4.69, 9.17) is 4.74 Å². The molecule has 116 valence electrons. The van der Waals surface area contributed by atoms with Crippen LogP contribution in [0, 0.1) is 0 Å². The van der Waals surface area contributed by atoms with Crippen molar-refractivity contribution < 1.29 is 9.53 Å². The SMILES string of the molecule is CC(C)(C)OC(=O)[C@@H]1CCCN1CCN1CCCCC1. The first-order chi connectivity index (χ1) is 9.46. The number of rotatable bonds is 4. The molecule has 0 bridgehead atoms. The zero-order chi connectivity index (χ0) is 14.6. The minimum absolute atomic E-state index is 0.0148. The Balaban J connectivity index is 1.79. The molecule has 0 N–H and O–H groups in total. The maximum Gasteiger partial charge on any atom is 0.323 e. The van der Waals surface area contributed by atoms with E-state index in [1.807, 2.05) is 20.8 Å². The van der Waals surface area contributed by atoms with Gasteiger partial charge in [-0.05, 0) is 66.1 Å². The second kappa shape index (κ2) is 6.90. The number of nitrogens with zero attached hydrogens (tertiary/aromatic N) is 2. The molecule has 2 aliphatic heterocycles. The van der Waals surface area contributed by atoms with Crippen LogP contribution in [0.3, 0.4) is 0 Å². The number of carbonyl (C=O) groups excluding carboxylic acids is 1. The van der Waals surface area contributed by atoms with E-state index in [2.05, 4.69) is 9.80 Å². The highest BCUT2D eigenvalue weighted by Gasteiger charge is 2.33. The molecule has 0 amide bonds. The highest BCUT2D eigenvalue weighted by molar-refractivity contribution is 5.76. The Morgan fingerprint density at radius 1 is 1.05 bits per heavy atom. The Kier molecular flexibility index (Phi) is 5.44. The standard InChI is InChI=1S/C16H30N2O2/c1-16(2,3)20-15(19)14-8-7-11-18(14)13-12-17-9-5-4-6-10-17/h14H,4-13H2,1-3H3/t14-/m0/s1. The van der Waals surface area contributed by atoms with Crippen LogP contribution < -0.4 is 0 Å². The van der Waals surface area contributed by atoms with Crippen LogP contribution in [0.15, 0.2) is 0 Å². The monoisotopic (exact) mass is 282 g/mol. The maximum atomic E-state index is 12.2. The van der Waals surface area contributed by atoms with Gasteiger partial charge in [0.05, 0.1) is 0 Å². The number of ether oxygens (including phenoxy) is 1. The van der Waals surface area contributed by atoms with Crippen LogP contribution in [-0.2, 0) is 9.53 Å². The number of likely N-dealkylation sites (tertiary alicyclic amines) is 2. The lowest BCUT2D eigenvalue weighted by Crippen LogP contribution is -2.44. The van der Waals surface area contributed by atoms with Crippen molar-refractivity contribution in [1.29, 1.82) is 0 Å². The van der Waals surface area contributed by atoms with Crippen molar-refractivity contribution in [2.75, 3.05) is 32.7 Å². The predicted molar refractivity (Wildman–Crippen MR) is 80.7 cm³/mol. The van der Waals surface area contributed by atoms with Crippen LogP contribution in [0.5, 0.6) is 0 Å². The van der Waals surface area contributed by atoms with E-state index >= 15 is 0 Å². The third-order valence-electron chi connectivity index (χ3n) is 4.19. The van der Waals surface area contributed by atoms with Crippen LogP contribution in [0.2, 0.25) is 0 Å². The van der Waals surface area contributed by atoms with Crippen molar-refractivity contribution in [2.24, 2.45) is 0 Å². The second-order valence-electron chi connectivity index (χ2n) is 7.13. The molecule has 2 saturated heterocycles. The third kappa shape index (κ3) is 4.74. The van der Waals surface area contributed by atoms with Crippen molar-refractivity contribution in [2.45, 2.75) is 64.5 Å². The topological polar surface area (TPSA) is 32.8 Å². The summed E-state index contributed by atoms with van der Waals surface area (Å²) in [6.45, 7) is 11.4.